The molecule has 0 atom stereocenters. The number of carbonyl (C=O) groups is 2. The maximum absolute atomic E-state index is 12.9. The summed E-state index contributed by atoms with van der Waals surface area (Å²) in [6, 6.07) is 8.81. The molecule has 140 valence electrons. The summed E-state index contributed by atoms with van der Waals surface area (Å²) in [5.74, 6) is -0.669. The Hall–Kier alpha value is -3.28. The molecule has 0 fully saturated rings. The summed E-state index contributed by atoms with van der Waals surface area (Å²) in [7, 11) is 0. The molecule has 6 heteroatoms. The summed E-state index contributed by atoms with van der Waals surface area (Å²) < 4.78 is 16.2. The predicted molar refractivity (Wildman–Crippen MR) is 102 cm³/mol. The molecular formula is C21H21NO5. The van der Waals surface area contributed by atoms with E-state index in [1.807, 2.05) is 19.9 Å². The summed E-state index contributed by atoms with van der Waals surface area (Å²) in [6.07, 6.45) is 0. The van der Waals surface area contributed by atoms with E-state index in [4.69, 9.17) is 19.6 Å². The van der Waals surface area contributed by atoms with E-state index < -0.39 is 11.9 Å². The fourth-order valence-electron chi connectivity index (χ4n) is 3.19. The molecule has 1 heterocycles. The highest BCUT2D eigenvalue weighted by Crippen LogP contribution is 2.37. The van der Waals surface area contributed by atoms with Gasteiger partial charge in [0.15, 0.2) is 0 Å². The lowest BCUT2D eigenvalue weighted by molar-refractivity contribution is 0.0528. The molecule has 0 aliphatic carbocycles. The third kappa shape index (κ3) is 3.14. The molecule has 0 unspecified atom stereocenters. The van der Waals surface area contributed by atoms with Crippen molar-refractivity contribution in [3.63, 3.8) is 0 Å². The third-order valence-electron chi connectivity index (χ3n) is 4.60. The minimum atomic E-state index is -0.581. The molecule has 1 aromatic heterocycles. The van der Waals surface area contributed by atoms with Crippen molar-refractivity contribution in [1.29, 1.82) is 0 Å². The van der Waals surface area contributed by atoms with Crippen molar-refractivity contribution in [2.75, 3.05) is 12.3 Å². The van der Waals surface area contributed by atoms with Gasteiger partial charge in [-0.15, -0.1) is 0 Å². The fraction of sp³-hybridized carbons (Fsp3) is 0.238. The van der Waals surface area contributed by atoms with Crippen LogP contribution in [0.5, 0.6) is 5.75 Å². The maximum atomic E-state index is 12.9. The molecule has 3 rings (SSSR count). The van der Waals surface area contributed by atoms with Gasteiger partial charge >= 0.3 is 11.9 Å². The van der Waals surface area contributed by atoms with Crippen LogP contribution in [0.4, 0.5) is 5.88 Å². The number of ether oxygens (including phenoxy) is 2. The number of para-hydroxylation sites is 1. The van der Waals surface area contributed by atoms with Gasteiger partial charge in [0.25, 0.3) is 0 Å². The van der Waals surface area contributed by atoms with E-state index in [1.165, 1.54) is 0 Å². The fourth-order valence-corrected chi connectivity index (χ4v) is 3.19. The second kappa shape index (κ2) is 7.15. The van der Waals surface area contributed by atoms with E-state index in [2.05, 4.69) is 0 Å². The molecule has 2 N–H and O–H groups in total. The molecule has 0 radical (unpaired) electrons. The number of esters is 2. The molecule has 0 saturated carbocycles. The molecule has 0 amide bonds. The van der Waals surface area contributed by atoms with Gasteiger partial charge in [0, 0.05) is 5.39 Å². The summed E-state index contributed by atoms with van der Waals surface area (Å²) >= 11 is 0. The zero-order valence-electron chi connectivity index (χ0n) is 15.7. The summed E-state index contributed by atoms with van der Waals surface area (Å²) in [6.45, 7) is 7.29. The van der Waals surface area contributed by atoms with E-state index in [9.17, 15) is 9.59 Å². The number of aryl methyl sites for hydroxylation is 2. The number of benzene rings is 2. The van der Waals surface area contributed by atoms with Crippen LogP contribution in [0, 0.1) is 20.8 Å². The Labute approximate surface area is 156 Å². The van der Waals surface area contributed by atoms with Gasteiger partial charge in [-0.1, -0.05) is 18.2 Å². The quantitative estimate of drug-likeness (QED) is 0.545. The first-order valence-electron chi connectivity index (χ1n) is 8.62. The van der Waals surface area contributed by atoms with Gasteiger partial charge in [-0.05, 0) is 56.5 Å². The number of nitrogens with two attached hydrogens (primary N) is 1. The van der Waals surface area contributed by atoms with Crippen molar-refractivity contribution >= 4 is 28.8 Å². The average molecular weight is 367 g/mol. The molecule has 6 nitrogen and oxygen atoms in total. The van der Waals surface area contributed by atoms with Gasteiger partial charge in [-0.3, -0.25) is 0 Å². The van der Waals surface area contributed by atoms with Crippen LogP contribution in [-0.4, -0.2) is 18.5 Å². The van der Waals surface area contributed by atoms with Crippen molar-refractivity contribution in [2.24, 2.45) is 0 Å². The normalized spacial score (nSPS) is 10.8. The lowest BCUT2D eigenvalue weighted by Gasteiger charge is -2.13. The van der Waals surface area contributed by atoms with Crippen molar-refractivity contribution in [2.45, 2.75) is 27.7 Å². The van der Waals surface area contributed by atoms with Crippen LogP contribution in [0.1, 0.15) is 44.3 Å². The van der Waals surface area contributed by atoms with Crippen LogP contribution in [0.25, 0.3) is 11.0 Å². The Kier molecular flexibility index (Phi) is 4.90. The van der Waals surface area contributed by atoms with Gasteiger partial charge in [0.1, 0.15) is 16.9 Å². The molecule has 2 aromatic carbocycles. The second-order valence-electron chi connectivity index (χ2n) is 6.22. The van der Waals surface area contributed by atoms with Gasteiger partial charge in [0.05, 0.1) is 12.2 Å². The topological polar surface area (TPSA) is 91.8 Å². The van der Waals surface area contributed by atoms with Gasteiger partial charge < -0.3 is 19.6 Å². The van der Waals surface area contributed by atoms with Crippen molar-refractivity contribution in [3.8, 4) is 5.75 Å². The summed E-state index contributed by atoms with van der Waals surface area (Å²) in [4.78, 5) is 25.2. The Morgan fingerprint density at radius 1 is 0.963 bits per heavy atom. The first kappa shape index (κ1) is 18.5. The Balaban J connectivity index is 2.20. The molecule has 3 aromatic rings. The van der Waals surface area contributed by atoms with Crippen LogP contribution < -0.4 is 10.5 Å². The molecule has 0 spiro atoms. The van der Waals surface area contributed by atoms with Gasteiger partial charge in [-0.2, -0.15) is 0 Å². The van der Waals surface area contributed by atoms with Crippen LogP contribution in [0.2, 0.25) is 0 Å². The van der Waals surface area contributed by atoms with Crippen LogP contribution >= 0.6 is 0 Å². The Morgan fingerprint density at radius 2 is 1.63 bits per heavy atom. The SMILES string of the molecule is CCOC(=O)c1c(N)oc2c(C)c(C)c(C(=O)Oc3ccccc3)c(C)c12. The van der Waals surface area contributed by atoms with Gasteiger partial charge in [0.2, 0.25) is 5.88 Å². The number of fused-ring (bicyclic) bond motifs is 1. The predicted octanol–water partition coefficient (Wildman–Crippen LogP) is 4.34. The van der Waals surface area contributed by atoms with Crippen molar-refractivity contribution in [3.05, 3.63) is 58.1 Å². The number of hydrogen-bond acceptors (Lipinski definition) is 6. The highest BCUT2D eigenvalue weighted by atomic mass is 16.5. The van der Waals surface area contributed by atoms with Crippen LogP contribution in [-0.2, 0) is 4.74 Å². The largest absolute Gasteiger partial charge is 0.462 e. The zero-order chi connectivity index (χ0) is 19.7. The number of hydrogen-bond donors (Lipinski definition) is 1. The van der Waals surface area contributed by atoms with Gasteiger partial charge in [-0.25, -0.2) is 9.59 Å². The Bertz CT molecular complexity index is 1030. The number of furan rings is 1. The molecule has 0 bridgehead atoms. The minimum Gasteiger partial charge on any atom is -0.462 e. The van der Waals surface area contributed by atoms with E-state index in [0.29, 0.717) is 33.4 Å². The first-order chi connectivity index (χ1) is 12.9. The van der Waals surface area contributed by atoms with E-state index in [-0.39, 0.29) is 18.1 Å². The maximum Gasteiger partial charge on any atom is 0.344 e. The number of carbonyl (C=O) groups excluding carboxylic acids is 2. The highest BCUT2D eigenvalue weighted by Gasteiger charge is 2.28. The zero-order valence-corrected chi connectivity index (χ0v) is 15.7. The number of rotatable bonds is 4. The third-order valence-corrected chi connectivity index (χ3v) is 4.60. The van der Waals surface area contributed by atoms with E-state index >= 15 is 0 Å². The standard InChI is InChI=1S/C21H21NO5/c1-5-25-20(23)17-16-13(4)15(11(2)12(3)18(16)27-19(17)22)21(24)26-14-9-7-6-8-10-14/h6-10H,5,22H2,1-4H3. The molecule has 0 aliphatic rings. The van der Waals surface area contributed by atoms with Crippen molar-refractivity contribution < 1.29 is 23.5 Å². The molecule has 0 saturated heterocycles. The average Bonchev–Trinajstić information content (AvgIpc) is 2.99. The molecule has 0 aliphatic heterocycles. The highest BCUT2D eigenvalue weighted by molar-refractivity contribution is 6.12. The summed E-state index contributed by atoms with van der Waals surface area (Å²) in [5, 5.41) is 0.481. The lowest BCUT2D eigenvalue weighted by atomic mass is 9.93. The van der Waals surface area contributed by atoms with Crippen LogP contribution in [0.3, 0.4) is 0 Å². The number of nitrogen functional groups attached to an aromatic ring is 1. The molecular weight excluding hydrogens is 346 g/mol. The lowest BCUT2D eigenvalue weighted by Crippen LogP contribution is -2.14. The molecule has 27 heavy (non-hydrogen) atoms. The van der Waals surface area contributed by atoms with E-state index in [1.54, 1.807) is 38.1 Å². The van der Waals surface area contributed by atoms with Crippen LogP contribution in [0.15, 0.2) is 34.7 Å². The minimum absolute atomic E-state index is 0.0253. The second-order valence-corrected chi connectivity index (χ2v) is 6.22. The smallest absolute Gasteiger partial charge is 0.344 e. The first-order valence-corrected chi connectivity index (χ1v) is 8.62. The van der Waals surface area contributed by atoms with E-state index in [0.717, 1.165) is 5.56 Å². The number of anilines is 1. The Morgan fingerprint density at radius 3 is 2.26 bits per heavy atom. The van der Waals surface area contributed by atoms with Crippen molar-refractivity contribution in [1.82, 2.24) is 0 Å². The monoisotopic (exact) mass is 367 g/mol. The summed E-state index contributed by atoms with van der Waals surface area (Å²) in [5.41, 5.74) is 8.94.